The van der Waals surface area contributed by atoms with Crippen molar-refractivity contribution >= 4 is 12.4 Å². The van der Waals surface area contributed by atoms with E-state index in [1.54, 1.807) is 0 Å². The average Bonchev–Trinajstić information content (AvgIpc) is 3.22. The maximum Gasteiger partial charge on any atom is 0.451 e. The zero-order valence-corrected chi connectivity index (χ0v) is 18.8. The number of nitrogens with two attached hydrogens (primary N) is 1. The number of amides is 1. The van der Waals surface area contributed by atoms with E-state index in [0.29, 0.717) is 12.1 Å². The summed E-state index contributed by atoms with van der Waals surface area (Å²) in [5.41, 5.74) is 5.64. The van der Waals surface area contributed by atoms with E-state index < -0.39 is 53.8 Å². The third-order valence-electron chi connectivity index (χ3n) is 4.98. The quantitative estimate of drug-likeness (QED) is 0.208. The molecule has 0 fully saturated rings. The summed E-state index contributed by atoms with van der Waals surface area (Å²) in [6.45, 7) is 1.09. The highest BCUT2D eigenvalue weighted by Gasteiger charge is 2.40. The van der Waals surface area contributed by atoms with Crippen LogP contribution >= 0.6 is 0 Å². The molecule has 2 aromatic rings. The number of aromatic nitrogens is 3. The molecule has 10 nitrogen and oxygen atoms in total. The topological polar surface area (TPSA) is 144 Å². The number of benzene rings is 1. The fraction of sp³-hybridized carbons (Fsp3) is 0.500. The van der Waals surface area contributed by atoms with E-state index in [2.05, 4.69) is 14.9 Å². The molecule has 3 rings (SSSR count). The van der Waals surface area contributed by atoms with Gasteiger partial charge in [0.05, 0.1) is 6.54 Å². The van der Waals surface area contributed by atoms with Crippen molar-refractivity contribution in [2.24, 2.45) is 5.73 Å². The van der Waals surface area contributed by atoms with Crippen molar-refractivity contribution < 1.29 is 50.9 Å². The maximum atomic E-state index is 13.7. The Morgan fingerprint density at radius 1 is 1.17 bits per heavy atom. The van der Waals surface area contributed by atoms with Crippen LogP contribution in [-0.4, -0.2) is 67.2 Å². The molecule has 0 aliphatic carbocycles. The SMILES string of the molecule is C[C@H](O)[C@@H](O)OC=O.N[C@@H](CC(=O)N1CCn2c(nnc2C(F)(F)F)C1)Cc1cc(F)c(F)cc1F. The molecule has 4 N–H and O–H groups in total. The van der Waals surface area contributed by atoms with Gasteiger partial charge in [0.25, 0.3) is 6.47 Å². The van der Waals surface area contributed by atoms with E-state index in [-0.39, 0.29) is 50.3 Å². The predicted molar refractivity (Wildman–Crippen MR) is 108 cm³/mol. The molecule has 1 aliphatic rings. The van der Waals surface area contributed by atoms with Gasteiger partial charge in [0.1, 0.15) is 11.9 Å². The Bertz CT molecular complexity index is 1060. The second-order valence-electron chi connectivity index (χ2n) is 7.79. The standard InChI is InChI=1S/C16H15F6N5O.C4H8O4/c17-10-6-12(19)11(18)4-8(10)3-9(23)5-14(28)26-1-2-27-13(7-26)24-25-15(27)16(20,21)22;1-3(6)4(7)8-2-5/h4,6,9H,1-3,5,7,23H2;2-4,6-7H,1H3/t9-;3-,4-/m10/s1. The number of alkyl halides is 3. The van der Waals surface area contributed by atoms with Crippen molar-refractivity contribution in [1.82, 2.24) is 19.7 Å². The molecule has 0 unspecified atom stereocenters. The third kappa shape index (κ3) is 7.63. The molecule has 1 aromatic carbocycles. The number of aliphatic hydroxyl groups is 2. The number of hydrogen-bond acceptors (Lipinski definition) is 8. The molecule has 1 amide bonds. The van der Waals surface area contributed by atoms with Gasteiger partial charge in [-0.25, -0.2) is 13.2 Å². The Morgan fingerprint density at radius 3 is 2.36 bits per heavy atom. The Hall–Kier alpha value is -3.24. The molecule has 0 saturated carbocycles. The molecule has 200 valence electrons. The van der Waals surface area contributed by atoms with Gasteiger partial charge in [0.2, 0.25) is 18.0 Å². The van der Waals surface area contributed by atoms with Gasteiger partial charge in [-0.15, -0.1) is 10.2 Å². The molecule has 0 radical (unpaired) electrons. The van der Waals surface area contributed by atoms with Crippen LogP contribution in [-0.2, 0) is 40.0 Å². The lowest BCUT2D eigenvalue weighted by molar-refractivity contribution is -0.169. The van der Waals surface area contributed by atoms with Crippen LogP contribution in [0.15, 0.2) is 12.1 Å². The van der Waals surface area contributed by atoms with Gasteiger partial charge in [0, 0.05) is 31.6 Å². The third-order valence-corrected chi connectivity index (χ3v) is 4.98. The molecule has 1 aliphatic heterocycles. The van der Waals surface area contributed by atoms with Crippen LogP contribution in [0.25, 0.3) is 0 Å². The Kier molecular flexibility index (Phi) is 9.77. The number of ether oxygens (including phenoxy) is 1. The first-order chi connectivity index (χ1) is 16.7. The molecular weight excluding hydrogens is 504 g/mol. The van der Waals surface area contributed by atoms with Gasteiger partial charge in [-0.2, -0.15) is 13.2 Å². The first-order valence-electron chi connectivity index (χ1n) is 10.4. The van der Waals surface area contributed by atoms with Crippen molar-refractivity contribution in [3.05, 3.63) is 46.8 Å². The highest BCUT2D eigenvalue weighted by atomic mass is 19.4. The van der Waals surface area contributed by atoms with Gasteiger partial charge >= 0.3 is 6.18 Å². The lowest BCUT2D eigenvalue weighted by Gasteiger charge is -2.29. The molecular formula is C20H23F6N5O5. The highest BCUT2D eigenvalue weighted by molar-refractivity contribution is 5.76. The van der Waals surface area contributed by atoms with Crippen molar-refractivity contribution in [1.29, 1.82) is 0 Å². The van der Waals surface area contributed by atoms with Gasteiger partial charge in [0.15, 0.2) is 17.5 Å². The fourth-order valence-electron chi connectivity index (χ4n) is 3.18. The normalized spacial score (nSPS) is 15.8. The molecule has 2 heterocycles. The van der Waals surface area contributed by atoms with Crippen LogP contribution in [0, 0.1) is 17.5 Å². The fourth-order valence-corrected chi connectivity index (χ4v) is 3.18. The monoisotopic (exact) mass is 527 g/mol. The lowest BCUT2D eigenvalue weighted by atomic mass is 10.0. The number of rotatable bonds is 7. The largest absolute Gasteiger partial charge is 0.451 e. The van der Waals surface area contributed by atoms with Crippen molar-refractivity contribution in [2.75, 3.05) is 6.54 Å². The molecule has 1 aromatic heterocycles. The first kappa shape index (κ1) is 29.0. The number of carbonyl (C=O) groups is 2. The maximum absolute atomic E-state index is 13.7. The lowest BCUT2D eigenvalue weighted by Crippen LogP contribution is -2.42. The minimum atomic E-state index is -4.64. The Labute approximate surface area is 200 Å². The average molecular weight is 527 g/mol. The van der Waals surface area contributed by atoms with Gasteiger partial charge in [-0.3, -0.25) is 9.59 Å². The van der Waals surface area contributed by atoms with E-state index in [0.717, 1.165) is 4.57 Å². The number of nitrogens with zero attached hydrogens (tertiary/aromatic N) is 4. The van der Waals surface area contributed by atoms with Crippen LogP contribution in [0.5, 0.6) is 0 Å². The Morgan fingerprint density at radius 2 is 1.81 bits per heavy atom. The summed E-state index contributed by atoms with van der Waals surface area (Å²) in [5.74, 6) is -5.15. The summed E-state index contributed by atoms with van der Waals surface area (Å²) in [4.78, 5) is 23.1. The highest BCUT2D eigenvalue weighted by Crippen LogP contribution is 2.29. The number of hydrogen-bond donors (Lipinski definition) is 3. The number of aliphatic hydroxyl groups excluding tert-OH is 2. The van der Waals surface area contributed by atoms with Crippen molar-refractivity contribution in [2.45, 2.75) is 57.5 Å². The molecule has 0 spiro atoms. The van der Waals surface area contributed by atoms with E-state index in [4.69, 9.17) is 15.9 Å². The first-order valence-corrected chi connectivity index (χ1v) is 10.4. The molecule has 0 saturated heterocycles. The van der Waals surface area contributed by atoms with E-state index in [9.17, 15) is 35.9 Å². The summed E-state index contributed by atoms with van der Waals surface area (Å²) < 4.78 is 83.2. The molecule has 3 atom stereocenters. The molecule has 0 bridgehead atoms. The summed E-state index contributed by atoms with van der Waals surface area (Å²) in [7, 11) is 0. The zero-order valence-electron chi connectivity index (χ0n) is 18.8. The van der Waals surface area contributed by atoms with E-state index in [1.807, 2.05) is 0 Å². The van der Waals surface area contributed by atoms with Crippen LogP contribution in [0.4, 0.5) is 26.3 Å². The van der Waals surface area contributed by atoms with Crippen molar-refractivity contribution in [3.8, 4) is 0 Å². The summed E-state index contributed by atoms with van der Waals surface area (Å²) in [5, 5.41) is 23.4. The van der Waals surface area contributed by atoms with Crippen molar-refractivity contribution in [3.63, 3.8) is 0 Å². The summed E-state index contributed by atoms with van der Waals surface area (Å²) in [6, 6.07) is 0.184. The minimum Gasteiger partial charge on any atom is -0.435 e. The smallest absolute Gasteiger partial charge is 0.435 e. The van der Waals surface area contributed by atoms with E-state index >= 15 is 0 Å². The minimum absolute atomic E-state index is 0.000783. The van der Waals surface area contributed by atoms with Gasteiger partial charge < -0.3 is 30.2 Å². The van der Waals surface area contributed by atoms with Crippen LogP contribution < -0.4 is 5.73 Å². The summed E-state index contributed by atoms with van der Waals surface area (Å²) >= 11 is 0. The second-order valence-corrected chi connectivity index (χ2v) is 7.79. The summed E-state index contributed by atoms with van der Waals surface area (Å²) in [6.07, 6.45) is -7.53. The van der Waals surface area contributed by atoms with Crippen LogP contribution in [0.1, 0.15) is 30.6 Å². The van der Waals surface area contributed by atoms with Gasteiger partial charge in [-0.05, 0) is 25.0 Å². The van der Waals surface area contributed by atoms with Crippen LogP contribution in [0.3, 0.4) is 0 Å². The molecule has 36 heavy (non-hydrogen) atoms. The van der Waals surface area contributed by atoms with Crippen LogP contribution in [0.2, 0.25) is 0 Å². The Balaban J connectivity index is 0.000000493. The predicted octanol–water partition coefficient (Wildman–Crippen LogP) is 0.875. The number of halogens is 6. The molecule has 16 heteroatoms. The zero-order chi connectivity index (χ0) is 27.2. The number of fused-ring (bicyclic) bond motifs is 1. The second kappa shape index (κ2) is 12.1. The van der Waals surface area contributed by atoms with Gasteiger partial charge in [-0.1, -0.05) is 0 Å². The number of carbonyl (C=O) groups excluding carboxylic acids is 2. The van der Waals surface area contributed by atoms with E-state index in [1.165, 1.54) is 11.8 Å².